The molecule has 0 aliphatic carbocycles. The van der Waals surface area contributed by atoms with Gasteiger partial charge in [-0.1, -0.05) is 0 Å². The number of imide groups is 1. The van der Waals surface area contributed by atoms with E-state index in [-0.39, 0.29) is 6.42 Å². The summed E-state index contributed by atoms with van der Waals surface area (Å²) < 4.78 is 10.7. The number of hydrogen-bond acceptors (Lipinski definition) is 5. The summed E-state index contributed by atoms with van der Waals surface area (Å²) in [6.07, 6.45) is 0.107. The zero-order valence-electron chi connectivity index (χ0n) is 12.8. The number of nitrogens with zero attached hydrogens (tertiary/aromatic N) is 1. The molecule has 1 N–H and O–H groups in total. The van der Waals surface area contributed by atoms with Gasteiger partial charge in [0.25, 0.3) is 5.91 Å². The van der Waals surface area contributed by atoms with E-state index in [1.807, 2.05) is 0 Å². The minimum absolute atomic E-state index is 0.0482. The lowest BCUT2D eigenvalue weighted by atomic mass is 9.89. The van der Waals surface area contributed by atoms with Crippen molar-refractivity contribution in [2.45, 2.75) is 63.7 Å². The molecule has 0 saturated carbocycles. The van der Waals surface area contributed by atoms with Gasteiger partial charge in [-0.2, -0.15) is 0 Å². The number of carbonyl (C=O) groups excluding carboxylic acids is 2. The number of amides is 2. The number of carbonyl (C=O) groups is 3. The number of carboxylic acid groups (broad SMARTS) is 1. The molecule has 0 aromatic carbocycles. The molecule has 7 nitrogen and oxygen atoms in total. The van der Waals surface area contributed by atoms with E-state index < -0.39 is 34.7 Å². The van der Waals surface area contributed by atoms with Crippen LogP contribution in [0.15, 0.2) is 0 Å². The lowest BCUT2D eigenvalue weighted by molar-refractivity contribution is -0.153. The van der Waals surface area contributed by atoms with Crippen molar-refractivity contribution in [1.82, 2.24) is 4.90 Å². The highest BCUT2D eigenvalue weighted by Crippen LogP contribution is 2.45. The first-order valence-corrected chi connectivity index (χ1v) is 6.97. The normalized spacial score (nSPS) is 32.8. The average Bonchev–Trinajstić information content (AvgIpc) is 2.83. The summed E-state index contributed by atoms with van der Waals surface area (Å²) in [5, 5.41) is 9.49. The third-order valence-electron chi connectivity index (χ3n) is 3.86. The van der Waals surface area contributed by atoms with Gasteiger partial charge in [-0.25, -0.2) is 14.5 Å². The van der Waals surface area contributed by atoms with Gasteiger partial charge in [-0.05, 0) is 40.5 Å². The summed E-state index contributed by atoms with van der Waals surface area (Å²) in [5.41, 5.74) is -3.67. The van der Waals surface area contributed by atoms with Gasteiger partial charge >= 0.3 is 12.1 Å². The largest absolute Gasteiger partial charge is 0.479 e. The Hall–Kier alpha value is -1.63. The van der Waals surface area contributed by atoms with Gasteiger partial charge in [0.05, 0.1) is 0 Å². The SMILES string of the molecule is CC(C)(C)OC(=O)N1C(=O)[C@]2(CCCO2)C[C@@]1(C)C(=O)O. The summed E-state index contributed by atoms with van der Waals surface area (Å²) in [6, 6.07) is 0. The van der Waals surface area contributed by atoms with Crippen LogP contribution in [0.2, 0.25) is 0 Å². The molecule has 0 radical (unpaired) electrons. The Bertz CT molecular complexity index is 488. The number of likely N-dealkylation sites (tertiary alicyclic amines) is 1. The van der Waals surface area contributed by atoms with Crippen LogP contribution in [0.3, 0.4) is 0 Å². The first-order valence-electron chi connectivity index (χ1n) is 6.97. The zero-order valence-corrected chi connectivity index (χ0v) is 12.8. The molecule has 0 bridgehead atoms. The Balaban J connectivity index is 2.38. The first-order chi connectivity index (χ1) is 9.52. The zero-order chi connectivity index (χ0) is 16.1. The van der Waals surface area contributed by atoms with Gasteiger partial charge < -0.3 is 14.6 Å². The van der Waals surface area contributed by atoms with Crippen molar-refractivity contribution < 1.29 is 29.0 Å². The summed E-state index contributed by atoms with van der Waals surface area (Å²) in [6.45, 7) is 6.72. The highest BCUT2D eigenvalue weighted by molar-refractivity contribution is 6.05. The lowest BCUT2D eigenvalue weighted by Gasteiger charge is -2.31. The Morgan fingerprint density at radius 1 is 1.38 bits per heavy atom. The molecule has 0 unspecified atom stereocenters. The third kappa shape index (κ3) is 2.50. The molecule has 7 heteroatoms. The van der Waals surface area contributed by atoms with E-state index in [0.29, 0.717) is 24.3 Å². The van der Waals surface area contributed by atoms with Crippen LogP contribution in [0.4, 0.5) is 4.79 Å². The predicted molar refractivity (Wildman–Crippen MR) is 71.7 cm³/mol. The van der Waals surface area contributed by atoms with Crippen molar-refractivity contribution in [3.63, 3.8) is 0 Å². The maximum absolute atomic E-state index is 12.6. The molecule has 21 heavy (non-hydrogen) atoms. The van der Waals surface area contributed by atoms with E-state index >= 15 is 0 Å². The highest BCUT2D eigenvalue weighted by Gasteiger charge is 2.65. The quantitative estimate of drug-likeness (QED) is 0.789. The second-order valence-electron chi connectivity index (χ2n) is 6.82. The van der Waals surface area contributed by atoms with Crippen molar-refractivity contribution in [3.8, 4) is 0 Å². The summed E-state index contributed by atoms with van der Waals surface area (Å²) >= 11 is 0. The Morgan fingerprint density at radius 3 is 2.43 bits per heavy atom. The van der Waals surface area contributed by atoms with Crippen LogP contribution in [-0.2, 0) is 19.1 Å². The number of hydrogen-bond donors (Lipinski definition) is 1. The Morgan fingerprint density at radius 2 is 2.00 bits per heavy atom. The Kier molecular flexibility index (Phi) is 3.52. The second kappa shape index (κ2) is 4.69. The van der Waals surface area contributed by atoms with Crippen LogP contribution in [0, 0.1) is 0 Å². The number of rotatable bonds is 1. The van der Waals surface area contributed by atoms with Crippen LogP contribution < -0.4 is 0 Å². The van der Waals surface area contributed by atoms with Crippen LogP contribution in [0.5, 0.6) is 0 Å². The van der Waals surface area contributed by atoms with Gasteiger partial charge in [0.2, 0.25) is 0 Å². The molecule has 2 atom stereocenters. The minimum Gasteiger partial charge on any atom is -0.479 e. The van der Waals surface area contributed by atoms with Crippen LogP contribution in [0.25, 0.3) is 0 Å². The summed E-state index contributed by atoms with van der Waals surface area (Å²) in [5.74, 6) is -1.85. The molecule has 0 aromatic rings. The van der Waals surface area contributed by atoms with Gasteiger partial charge in [0, 0.05) is 13.0 Å². The van der Waals surface area contributed by atoms with Crippen LogP contribution in [-0.4, -0.2) is 51.3 Å². The average molecular weight is 299 g/mol. The minimum atomic E-state index is -1.65. The Labute approximate surface area is 123 Å². The fourth-order valence-corrected chi connectivity index (χ4v) is 2.91. The molecular formula is C14H21NO6. The maximum Gasteiger partial charge on any atom is 0.418 e. The van der Waals surface area contributed by atoms with Gasteiger partial charge in [-0.15, -0.1) is 0 Å². The first kappa shape index (κ1) is 15.8. The molecular weight excluding hydrogens is 278 g/mol. The van der Waals surface area contributed by atoms with Crippen molar-refractivity contribution in [3.05, 3.63) is 0 Å². The molecule has 1 spiro atoms. The third-order valence-corrected chi connectivity index (χ3v) is 3.86. The van der Waals surface area contributed by atoms with Gasteiger partial charge in [-0.3, -0.25) is 4.79 Å². The molecule has 2 heterocycles. The van der Waals surface area contributed by atoms with E-state index in [1.165, 1.54) is 6.92 Å². The maximum atomic E-state index is 12.6. The fraction of sp³-hybridized carbons (Fsp3) is 0.786. The molecule has 2 amide bonds. The lowest BCUT2D eigenvalue weighted by Crippen LogP contribution is -2.54. The van der Waals surface area contributed by atoms with E-state index in [4.69, 9.17) is 9.47 Å². The molecule has 2 fully saturated rings. The second-order valence-corrected chi connectivity index (χ2v) is 6.82. The van der Waals surface area contributed by atoms with Crippen LogP contribution >= 0.6 is 0 Å². The predicted octanol–water partition coefficient (Wildman–Crippen LogP) is 1.55. The summed E-state index contributed by atoms with van der Waals surface area (Å²) in [7, 11) is 0. The van der Waals surface area contributed by atoms with Crippen molar-refractivity contribution in [1.29, 1.82) is 0 Å². The van der Waals surface area contributed by atoms with Crippen LogP contribution in [0.1, 0.15) is 47.0 Å². The smallest absolute Gasteiger partial charge is 0.418 e. The van der Waals surface area contributed by atoms with Gasteiger partial charge in [0.1, 0.15) is 11.2 Å². The highest BCUT2D eigenvalue weighted by atomic mass is 16.6. The molecule has 2 aliphatic heterocycles. The molecule has 2 aliphatic rings. The topological polar surface area (TPSA) is 93.1 Å². The number of aliphatic carboxylic acids is 1. The standard InChI is InChI=1S/C14H21NO6/c1-12(2,3)21-11(19)15-9(16)14(6-5-7-20-14)8-13(15,4)10(17)18/h5-8H2,1-4H3,(H,17,18)/t13-,14-/m0/s1. The van der Waals surface area contributed by atoms with Crippen molar-refractivity contribution >= 4 is 18.0 Å². The van der Waals surface area contributed by atoms with Gasteiger partial charge in [0.15, 0.2) is 5.54 Å². The van der Waals surface area contributed by atoms with E-state index in [9.17, 15) is 19.5 Å². The summed E-state index contributed by atoms with van der Waals surface area (Å²) in [4.78, 5) is 37.3. The van der Waals surface area contributed by atoms with Crippen molar-refractivity contribution in [2.75, 3.05) is 6.61 Å². The van der Waals surface area contributed by atoms with Crippen molar-refractivity contribution in [2.24, 2.45) is 0 Å². The number of carboxylic acids is 1. The number of ether oxygens (including phenoxy) is 2. The fourth-order valence-electron chi connectivity index (χ4n) is 2.91. The monoisotopic (exact) mass is 299 g/mol. The van der Waals surface area contributed by atoms with E-state index in [0.717, 1.165) is 0 Å². The molecule has 0 aromatic heterocycles. The molecule has 2 saturated heterocycles. The van der Waals surface area contributed by atoms with E-state index in [1.54, 1.807) is 20.8 Å². The molecule has 118 valence electrons. The molecule has 2 rings (SSSR count). The van der Waals surface area contributed by atoms with E-state index in [2.05, 4.69) is 0 Å².